The zero-order chi connectivity index (χ0) is 12.1. The SMILES string of the molecule is CC(=O)Oc1nccnc1Oc1ccccc1. The molecule has 5 heteroatoms. The van der Waals surface area contributed by atoms with E-state index in [1.807, 2.05) is 18.2 Å². The van der Waals surface area contributed by atoms with Gasteiger partial charge in [0.05, 0.1) is 0 Å². The first-order chi connectivity index (χ1) is 8.25. The van der Waals surface area contributed by atoms with Crippen LogP contribution in [0.1, 0.15) is 6.92 Å². The molecular weight excluding hydrogens is 220 g/mol. The number of para-hydroxylation sites is 1. The van der Waals surface area contributed by atoms with Gasteiger partial charge in [0, 0.05) is 19.3 Å². The highest BCUT2D eigenvalue weighted by molar-refractivity contribution is 5.69. The van der Waals surface area contributed by atoms with Crippen molar-refractivity contribution in [2.24, 2.45) is 0 Å². The van der Waals surface area contributed by atoms with Crippen molar-refractivity contribution in [2.75, 3.05) is 0 Å². The summed E-state index contributed by atoms with van der Waals surface area (Å²) in [5, 5.41) is 0. The van der Waals surface area contributed by atoms with Gasteiger partial charge in [-0.3, -0.25) is 4.79 Å². The standard InChI is InChI=1S/C12H10N2O3/c1-9(15)16-11-12(14-8-7-13-11)17-10-5-3-2-4-6-10/h2-8H,1H3. The molecule has 0 aliphatic heterocycles. The summed E-state index contributed by atoms with van der Waals surface area (Å²) >= 11 is 0. The van der Waals surface area contributed by atoms with Gasteiger partial charge in [-0.1, -0.05) is 18.2 Å². The summed E-state index contributed by atoms with van der Waals surface area (Å²) in [6, 6.07) is 9.07. The van der Waals surface area contributed by atoms with Crippen molar-refractivity contribution in [3.05, 3.63) is 42.7 Å². The van der Waals surface area contributed by atoms with E-state index in [0.717, 1.165) is 0 Å². The number of hydrogen-bond acceptors (Lipinski definition) is 5. The summed E-state index contributed by atoms with van der Waals surface area (Å²) in [5.74, 6) is 0.350. The van der Waals surface area contributed by atoms with Gasteiger partial charge in [-0.15, -0.1) is 0 Å². The fraction of sp³-hybridized carbons (Fsp3) is 0.0833. The molecule has 0 saturated carbocycles. The molecule has 0 amide bonds. The Kier molecular flexibility index (Phi) is 3.30. The van der Waals surface area contributed by atoms with Crippen molar-refractivity contribution in [1.82, 2.24) is 9.97 Å². The zero-order valence-corrected chi connectivity index (χ0v) is 9.16. The lowest BCUT2D eigenvalue weighted by Gasteiger charge is -2.07. The Labute approximate surface area is 98.0 Å². The van der Waals surface area contributed by atoms with E-state index in [1.54, 1.807) is 12.1 Å². The maximum Gasteiger partial charge on any atom is 0.309 e. The summed E-state index contributed by atoms with van der Waals surface area (Å²) in [4.78, 5) is 18.7. The third-order valence-electron chi connectivity index (χ3n) is 1.83. The third-order valence-corrected chi connectivity index (χ3v) is 1.83. The number of rotatable bonds is 3. The maximum absolute atomic E-state index is 10.9. The van der Waals surface area contributed by atoms with Crippen molar-refractivity contribution in [2.45, 2.75) is 6.92 Å². The van der Waals surface area contributed by atoms with Crippen LogP contribution in [0.3, 0.4) is 0 Å². The van der Waals surface area contributed by atoms with Crippen LogP contribution in [0.15, 0.2) is 42.7 Å². The Hall–Kier alpha value is -2.43. The van der Waals surface area contributed by atoms with Gasteiger partial charge < -0.3 is 9.47 Å². The minimum absolute atomic E-state index is 0.0591. The zero-order valence-electron chi connectivity index (χ0n) is 9.16. The lowest BCUT2D eigenvalue weighted by molar-refractivity contribution is -0.132. The van der Waals surface area contributed by atoms with Gasteiger partial charge in [0.1, 0.15) is 5.75 Å². The molecule has 0 aliphatic carbocycles. The highest BCUT2D eigenvalue weighted by Gasteiger charge is 2.10. The molecule has 86 valence electrons. The van der Waals surface area contributed by atoms with Gasteiger partial charge in [-0.25, -0.2) is 9.97 Å². The minimum atomic E-state index is -0.469. The maximum atomic E-state index is 10.9. The predicted octanol–water partition coefficient (Wildman–Crippen LogP) is 2.19. The van der Waals surface area contributed by atoms with Gasteiger partial charge in [0.15, 0.2) is 0 Å². The van der Waals surface area contributed by atoms with Crippen LogP contribution in [-0.2, 0) is 4.79 Å². The average molecular weight is 230 g/mol. The average Bonchev–Trinajstić information content (AvgIpc) is 2.32. The molecule has 0 radical (unpaired) electrons. The van der Waals surface area contributed by atoms with Crippen LogP contribution in [0.4, 0.5) is 0 Å². The molecule has 2 aromatic rings. The number of esters is 1. The topological polar surface area (TPSA) is 61.3 Å². The number of nitrogens with zero attached hydrogens (tertiary/aromatic N) is 2. The van der Waals surface area contributed by atoms with Crippen LogP contribution in [-0.4, -0.2) is 15.9 Å². The summed E-state index contributed by atoms with van der Waals surface area (Å²) in [5.41, 5.74) is 0. The molecule has 1 heterocycles. The molecule has 0 unspecified atom stereocenters. The van der Waals surface area contributed by atoms with E-state index in [1.165, 1.54) is 19.3 Å². The van der Waals surface area contributed by atoms with E-state index in [-0.39, 0.29) is 11.8 Å². The summed E-state index contributed by atoms with van der Waals surface area (Å²) in [6.45, 7) is 1.29. The van der Waals surface area contributed by atoms with Crippen LogP contribution in [0.2, 0.25) is 0 Å². The molecule has 0 N–H and O–H groups in total. The molecule has 0 bridgehead atoms. The van der Waals surface area contributed by atoms with Gasteiger partial charge >= 0.3 is 5.97 Å². The van der Waals surface area contributed by atoms with Crippen molar-refractivity contribution in [3.8, 4) is 17.5 Å². The van der Waals surface area contributed by atoms with Crippen molar-refractivity contribution in [1.29, 1.82) is 0 Å². The Balaban J connectivity index is 2.23. The van der Waals surface area contributed by atoms with Crippen LogP contribution < -0.4 is 9.47 Å². The molecule has 0 atom stereocenters. The van der Waals surface area contributed by atoms with Crippen LogP contribution in [0, 0.1) is 0 Å². The van der Waals surface area contributed by atoms with Crippen LogP contribution in [0.25, 0.3) is 0 Å². The lowest BCUT2D eigenvalue weighted by Crippen LogP contribution is -2.05. The van der Waals surface area contributed by atoms with E-state index in [4.69, 9.17) is 9.47 Å². The van der Waals surface area contributed by atoms with Gasteiger partial charge in [0.2, 0.25) is 0 Å². The van der Waals surface area contributed by atoms with Gasteiger partial charge in [-0.05, 0) is 12.1 Å². The Bertz CT molecular complexity index is 514. The van der Waals surface area contributed by atoms with E-state index in [0.29, 0.717) is 5.75 Å². The first-order valence-electron chi connectivity index (χ1n) is 4.98. The lowest BCUT2D eigenvalue weighted by atomic mass is 10.3. The second kappa shape index (κ2) is 5.07. The Morgan fingerprint density at radius 1 is 1.06 bits per heavy atom. The molecule has 0 fully saturated rings. The van der Waals surface area contributed by atoms with Crippen molar-refractivity contribution in [3.63, 3.8) is 0 Å². The molecule has 2 rings (SSSR count). The van der Waals surface area contributed by atoms with Gasteiger partial charge in [0.25, 0.3) is 11.8 Å². The molecule has 17 heavy (non-hydrogen) atoms. The van der Waals surface area contributed by atoms with Crippen LogP contribution in [0.5, 0.6) is 17.5 Å². The molecule has 5 nitrogen and oxygen atoms in total. The first-order valence-corrected chi connectivity index (χ1v) is 4.98. The Morgan fingerprint density at radius 2 is 1.71 bits per heavy atom. The highest BCUT2D eigenvalue weighted by atomic mass is 16.6. The summed E-state index contributed by atoms with van der Waals surface area (Å²) in [6.07, 6.45) is 2.89. The number of hydrogen-bond donors (Lipinski definition) is 0. The van der Waals surface area contributed by atoms with Gasteiger partial charge in [-0.2, -0.15) is 0 Å². The van der Waals surface area contributed by atoms with E-state index >= 15 is 0 Å². The highest BCUT2D eigenvalue weighted by Crippen LogP contribution is 2.26. The van der Waals surface area contributed by atoms with Crippen molar-refractivity contribution < 1.29 is 14.3 Å². The molecule has 0 saturated heterocycles. The molecule has 1 aromatic carbocycles. The summed E-state index contributed by atoms with van der Waals surface area (Å²) < 4.78 is 10.3. The Morgan fingerprint density at radius 3 is 2.35 bits per heavy atom. The number of ether oxygens (including phenoxy) is 2. The third kappa shape index (κ3) is 3.01. The molecule has 0 spiro atoms. The molecular formula is C12H10N2O3. The van der Waals surface area contributed by atoms with E-state index < -0.39 is 5.97 Å². The second-order valence-electron chi connectivity index (χ2n) is 3.18. The van der Waals surface area contributed by atoms with Crippen LogP contribution >= 0.6 is 0 Å². The number of carbonyl (C=O) groups is 1. The smallest absolute Gasteiger partial charge is 0.309 e. The fourth-order valence-corrected chi connectivity index (χ4v) is 1.19. The number of benzene rings is 1. The minimum Gasteiger partial charge on any atom is -0.435 e. The monoisotopic (exact) mass is 230 g/mol. The first kappa shape index (κ1) is 11.1. The summed E-state index contributed by atoms with van der Waals surface area (Å²) in [7, 11) is 0. The molecule has 0 aliphatic rings. The largest absolute Gasteiger partial charge is 0.435 e. The van der Waals surface area contributed by atoms with E-state index in [2.05, 4.69) is 9.97 Å². The molecule has 1 aromatic heterocycles. The predicted molar refractivity (Wildman–Crippen MR) is 59.9 cm³/mol. The second-order valence-corrected chi connectivity index (χ2v) is 3.18. The number of aromatic nitrogens is 2. The normalized spacial score (nSPS) is 9.71. The quantitative estimate of drug-likeness (QED) is 0.756. The van der Waals surface area contributed by atoms with E-state index in [9.17, 15) is 4.79 Å². The van der Waals surface area contributed by atoms with Crippen molar-refractivity contribution >= 4 is 5.97 Å². The fourth-order valence-electron chi connectivity index (χ4n) is 1.19. The number of carbonyl (C=O) groups excluding carboxylic acids is 1.